The van der Waals surface area contributed by atoms with Crippen molar-refractivity contribution in [2.75, 3.05) is 13.1 Å². The third-order valence-corrected chi connectivity index (χ3v) is 6.07. The Morgan fingerprint density at radius 3 is 2.52 bits per heavy atom. The van der Waals surface area contributed by atoms with E-state index in [1.165, 1.54) is 12.1 Å². The molecule has 1 aromatic carbocycles. The summed E-state index contributed by atoms with van der Waals surface area (Å²) < 4.78 is 13.3. The number of piperidine rings is 2. The highest BCUT2D eigenvalue weighted by Crippen LogP contribution is 2.37. The Morgan fingerprint density at radius 1 is 1.24 bits per heavy atom. The first kappa shape index (κ1) is 16.8. The van der Waals surface area contributed by atoms with Crippen molar-refractivity contribution in [1.82, 2.24) is 15.5 Å². The molecule has 1 aromatic rings. The second-order valence-electron chi connectivity index (χ2n) is 7.72. The zero-order chi connectivity index (χ0) is 17.4. The highest BCUT2D eigenvalue weighted by atomic mass is 19.1. The predicted molar refractivity (Wildman–Crippen MR) is 92.6 cm³/mol. The van der Waals surface area contributed by atoms with Crippen LogP contribution in [0.1, 0.15) is 44.1 Å². The Labute approximate surface area is 147 Å². The van der Waals surface area contributed by atoms with Crippen LogP contribution in [0, 0.1) is 5.82 Å². The van der Waals surface area contributed by atoms with Crippen molar-refractivity contribution < 1.29 is 14.3 Å². The molecule has 3 saturated heterocycles. The van der Waals surface area contributed by atoms with Crippen LogP contribution in [0.2, 0.25) is 0 Å². The molecule has 3 aliphatic heterocycles. The number of aliphatic hydroxyl groups excluding tert-OH is 1. The molecule has 2 amide bonds. The lowest BCUT2D eigenvalue weighted by molar-refractivity contribution is 0.0506. The first-order valence-electron chi connectivity index (χ1n) is 9.33. The molecule has 2 unspecified atom stereocenters. The lowest BCUT2D eigenvalue weighted by Gasteiger charge is -2.43. The van der Waals surface area contributed by atoms with Gasteiger partial charge in [0.2, 0.25) is 0 Å². The summed E-state index contributed by atoms with van der Waals surface area (Å²) in [4.78, 5) is 15.1. The summed E-state index contributed by atoms with van der Waals surface area (Å²) in [7, 11) is 0. The zero-order valence-corrected chi connectivity index (χ0v) is 14.4. The number of benzene rings is 1. The van der Waals surface area contributed by atoms with E-state index in [0.29, 0.717) is 19.4 Å². The highest BCUT2D eigenvalue weighted by Gasteiger charge is 2.45. The van der Waals surface area contributed by atoms with Gasteiger partial charge in [0.05, 0.1) is 11.6 Å². The van der Waals surface area contributed by atoms with E-state index in [-0.39, 0.29) is 30.0 Å². The van der Waals surface area contributed by atoms with Gasteiger partial charge in [-0.1, -0.05) is 12.1 Å². The van der Waals surface area contributed by atoms with Gasteiger partial charge in [-0.25, -0.2) is 9.18 Å². The molecule has 3 heterocycles. The van der Waals surface area contributed by atoms with Crippen LogP contribution in [0.4, 0.5) is 9.18 Å². The fourth-order valence-electron chi connectivity index (χ4n) is 4.85. The molecule has 3 atom stereocenters. The van der Waals surface area contributed by atoms with Gasteiger partial charge in [-0.3, -0.25) is 0 Å². The standard InChI is InChI=1S/C19H26FN3O2/c20-14-4-2-13(3-5-14)19(8-1-9-21-12-19)22-18(25)23-15-6-7-16(23)11-17(24)10-15/h2-5,15-17,21,24H,1,6-12H2,(H,22,25)/t15?,16?,17?,19-/m1/s1. The predicted octanol–water partition coefficient (Wildman–Crippen LogP) is 2.10. The minimum Gasteiger partial charge on any atom is -0.393 e. The second kappa shape index (κ2) is 6.57. The maximum Gasteiger partial charge on any atom is 0.318 e. The fraction of sp³-hybridized carbons (Fsp3) is 0.632. The van der Waals surface area contributed by atoms with Gasteiger partial charge in [0.1, 0.15) is 5.82 Å². The number of halogens is 1. The van der Waals surface area contributed by atoms with E-state index < -0.39 is 5.54 Å². The number of carbonyl (C=O) groups is 1. The van der Waals surface area contributed by atoms with Crippen LogP contribution >= 0.6 is 0 Å². The van der Waals surface area contributed by atoms with E-state index in [1.54, 1.807) is 12.1 Å². The van der Waals surface area contributed by atoms with E-state index in [2.05, 4.69) is 10.6 Å². The van der Waals surface area contributed by atoms with E-state index >= 15 is 0 Å². The molecule has 0 spiro atoms. The first-order chi connectivity index (χ1) is 12.1. The van der Waals surface area contributed by atoms with Crippen LogP contribution in [0.3, 0.4) is 0 Å². The summed E-state index contributed by atoms with van der Waals surface area (Å²) >= 11 is 0. The Morgan fingerprint density at radius 2 is 1.92 bits per heavy atom. The maximum absolute atomic E-state index is 13.3. The van der Waals surface area contributed by atoms with Crippen LogP contribution < -0.4 is 10.6 Å². The van der Waals surface area contributed by atoms with E-state index in [0.717, 1.165) is 37.8 Å². The Hall–Kier alpha value is -1.66. The van der Waals surface area contributed by atoms with Gasteiger partial charge >= 0.3 is 6.03 Å². The number of hydrogen-bond donors (Lipinski definition) is 3. The molecule has 4 rings (SSSR count). The third-order valence-electron chi connectivity index (χ3n) is 6.07. The van der Waals surface area contributed by atoms with Gasteiger partial charge in [0.15, 0.2) is 0 Å². The van der Waals surface area contributed by atoms with Crippen molar-refractivity contribution in [3.63, 3.8) is 0 Å². The fourth-order valence-corrected chi connectivity index (χ4v) is 4.85. The lowest BCUT2D eigenvalue weighted by atomic mass is 9.83. The summed E-state index contributed by atoms with van der Waals surface area (Å²) in [6.45, 7) is 1.58. The van der Waals surface area contributed by atoms with Crippen LogP contribution in [0.15, 0.2) is 24.3 Å². The number of fused-ring (bicyclic) bond motifs is 2. The molecule has 3 N–H and O–H groups in total. The van der Waals surface area contributed by atoms with Crippen molar-refractivity contribution >= 4 is 6.03 Å². The molecule has 136 valence electrons. The van der Waals surface area contributed by atoms with Gasteiger partial charge in [-0.15, -0.1) is 0 Å². The largest absolute Gasteiger partial charge is 0.393 e. The van der Waals surface area contributed by atoms with Crippen molar-refractivity contribution in [1.29, 1.82) is 0 Å². The molecule has 0 saturated carbocycles. The molecule has 2 bridgehead atoms. The first-order valence-corrected chi connectivity index (χ1v) is 9.33. The highest BCUT2D eigenvalue weighted by molar-refractivity contribution is 5.77. The number of urea groups is 1. The molecule has 5 nitrogen and oxygen atoms in total. The minimum absolute atomic E-state index is 0.0487. The van der Waals surface area contributed by atoms with E-state index in [4.69, 9.17) is 0 Å². The van der Waals surface area contributed by atoms with Crippen molar-refractivity contribution in [2.24, 2.45) is 0 Å². The minimum atomic E-state index is -0.501. The summed E-state index contributed by atoms with van der Waals surface area (Å²) in [6, 6.07) is 6.69. The summed E-state index contributed by atoms with van der Waals surface area (Å²) in [5, 5.41) is 16.6. The monoisotopic (exact) mass is 347 g/mol. The number of aliphatic hydroxyl groups is 1. The Kier molecular flexibility index (Phi) is 4.41. The molecule has 6 heteroatoms. The van der Waals surface area contributed by atoms with Gasteiger partial charge in [-0.2, -0.15) is 0 Å². The SMILES string of the molecule is O=C(N[C@]1(c2ccc(F)cc2)CCCNC1)N1C2CCC1CC(O)C2. The number of nitrogens with zero attached hydrogens (tertiary/aromatic N) is 1. The Bertz CT molecular complexity index is 616. The number of hydrogen-bond acceptors (Lipinski definition) is 3. The zero-order valence-electron chi connectivity index (χ0n) is 14.4. The molecule has 0 aromatic heterocycles. The van der Waals surface area contributed by atoms with Crippen molar-refractivity contribution in [2.45, 2.75) is 62.3 Å². The van der Waals surface area contributed by atoms with E-state index in [1.807, 2.05) is 4.90 Å². The smallest absolute Gasteiger partial charge is 0.318 e. The molecule has 0 radical (unpaired) electrons. The maximum atomic E-state index is 13.3. The molecule has 0 aliphatic carbocycles. The summed E-state index contributed by atoms with van der Waals surface area (Å²) in [6.07, 6.45) is 4.79. The average Bonchev–Trinajstić information content (AvgIpc) is 2.88. The van der Waals surface area contributed by atoms with Gasteiger partial charge in [-0.05, 0) is 62.8 Å². The molecular formula is C19H26FN3O2. The lowest BCUT2D eigenvalue weighted by Crippen LogP contribution is -2.60. The second-order valence-corrected chi connectivity index (χ2v) is 7.72. The molecule has 25 heavy (non-hydrogen) atoms. The van der Waals surface area contributed by atoms with Crippen molar-refractivity contribution in [3.05, 3.63) is 35.6 Å². The van der Waals surface area contributed by atoms with Crippen LogP contribution in [0.5, 0.6) is 0 Å². The van der Waals surface area contributed by atoms with Crippen molar-refractivity contribution in [3.8, 4) is 0 Å². The molecular weight excluding hydrogens is 321 g/mol. The summed E-state index contributed by atoms with van der Waals surface area (Å²) in [5.74, 6) is -0.267. The van der Waals surface area contributed by atoms with Gasteiger partial charge < -0.3 is 20.6 Å². The van der Waals surface area contributed by atoms with Gasteiger partial charge in [0, 0.05) is 18.6 Å². The number of amides is 2. The Balaban J connectivity index is 1.57. The number of carbonyl (C=O) groups excluding carboxylic acids is 1. The summed E-state index contributed by atoms with van der Waals surface area (Å²) in [5.41, 5.74) is 0.442. The third kappa shape index (κ3) is 3.13. The van der Waals surface area contributed by atoms with Crippen LogP contribution in [-0.4, -0.2) is 47.3 Å². The average molecular weight is 347 g/mol. The topological polar surface area (TPSA) is 64.6 Å². The quantitative estimate of drug-likeness (QED) is 0.768. The van der Waals surface area contributed by atoms with Crippen LogP contribution in [0.25, 0.3) is 0 Å². The van der Waals surface area contributed by atoms with Gasteiger partial charge in [0.25, 0.3) is 0 Å². The molecule has 3 aliphatic rings. The number of nitrogens with one attached hydrogen (secondary N) is 2. The van der Waals surface area contributed by atoms with E-state index in [9.17, 15) is 14.3 Å². The normalized spacial score (nSPS) is 34.8. The molecule has 3 fully saturated rings. The van der Waals surface area contributed by atoms with Crippen LogP contribution in [-0.2, 0) is 5.54 Å². The number of rotatable bonds is 2.